The topological polar surface area (TPSA) is 72.9 Å². The number of amides is 1. The molecular formula is C17H21NO5. The molecule has 23 heavy (non-hydrogen) atoms. The van der Waals surface area contributed by atoms with Crippen LogP contribution in [0.15, 0.2) is 24.3 Å². The molecule has 1 aliphatic heterocycles. The van der Waals surface area contributed by atoms with E-state index in [4.69, 9.17) is 9.47 Å². The third-order valence-electron chi connectivity index (χ3n) is 3.70. The summed E-state index contributed by atoms with van der Waals surface area (Å²) >= 11 is 0. The van der Waals surface area contributed by atoms with E-state index in [1.165, 1.54) is 6.92 Å². The first-order chi connectivity index (χ1) is 11.0. The van der Waals surface area contributed by atoms with Crippen LogP contribution >= 0.6 is 0 Å². The van der Waals surface area contributed by atoms with Gasteiger partial charge in [0.05, 0.1) is 18.1 Å². The minimum Gasteiger partial charge on any atom is -0.466 e. The lowest BCUT2D eigenvalue weighted by Gasteiger charge is -2.31. The molecule has 2 rings (SSSR count). The maximum absolute atomic E-state index is 12.7. The summed E-state index contributed by atoms with van der Waals surface area (Å²) in [6.45, 7) is 4.28. The fourth-order valence-electron chi connectivity index (χ4n) is 2.67. The Balaban J connectivity index is 2.14. The van der Waals surface area contributed by atoms with E-state index in [1.54, 1.807) is 36.1 Å². The van der Waals surface area contributed by atoms with E-state index in [9.17, 15) is 14.4 Å². The number of nitrogens with zero attached hydrogens (tertiary/aromatic N) is 1. The van der Waals surface area contributed by atoms with Gasteiger partial charge in [0.15, 0.2) is 0 Å². The highest BCUT2D eigenvalue weighted by Gasteiger charge is 2.30. The molecule has 1 saturated heterocycles. The fraction of sp³-hybridized carbons (Fsp3) is 0.471. The van der Waals surface area contributed by atoms with Crippen LogP contribution in [0.25, 0.3) is 0 Å². The Morgan fingerprint density at radius 1 is 1.26 bits per heavy atom. The normalized spacial score (nSPS) is 17.5. The van der Waals surface area contributed by atoms with Crippen molar-refractivity contribution in [2.24, 2.45) is 5.92 Å². The number of benzene rings is 1. The van der Waals surface area contributed by atoms with Crippen LogP contribution in [0.5, 0.6) is 5.75 Å². The summed E-state index contributed by atoms with van der Waals surface area (Å²) in [4.78, 5) is 37.4. The van der Waals surface area contributed by atoms with Crippen molar-refractivity contribution < 1.29 is 23.9 Å². The summed E-state index contributed by atoms with van der Waals surface area (Å²) in [5.41, 5.74) is 0.326. The van der Waals surface area contributed by atoms with Crippen LogP contribution in [0.3, 0.4) is 0 Å². The van der Waals surface area contributed by atoms with Crippen molar-refractivity contribution in [2.45, 2.75) is 26.7 Å². The van der Waals surface area contributed by atoms with Crippen LogP contribution in [-0.2, 0) is 14.3 Å². The summed E-state index contributed by atoms with van der Waals surface area (Å²) in [5, 5.41) is 0. The predicted octanol–water partition coefficient (Wildman–Crippen LogP) is 2.03. The molecule has 124 valence electrons. The Morgan fingerprint density at radius 2 is 2.00 bits per heavy atom. The first-order valence-corrected chi connectivity index (χ1v) is 7.76. The van der Waals surface area contributed by atoms with Crippen LogP contribution in [0.1, 0.15) is 37.0 Å². The molecule has 1 aliphatic rings. The van der Waals surface area contributed by atoms with Crippen molar-refractivity contribution in [1.29, 1.82) is 0 Å². The van der Waals surface area contributed by atoms with Crippen LogP contribution < -0.4 is 4.74 Å². The highest BCUT2D eigenvalue weighted by Crippen LogP contribution is 2.24. The highest BCUT2D eigenvalue weighted by molar-refractivity contribution is 5.98. The quantitative estimate of drug-likeness (QED) is 0.627. The van der Waals surface area contributed by atoms with Gasteiger partial charge in [0.2, 0.25) is 0 Å². The van der Waals surface area contributed by atoms with Crippen molar-refractivity contribution in [1.82, 2.24) is 4.90 Å². The van der Waals surface area contributed by atoms with Crippen molar-refractivity contribution in [2.75, 3.05) is 19.7 Å². The lowest BCUT2D eigenvalue weighted by molar-refractivity contribution is -0.149. The Morgan fingerprint density at radius 3 is 2.70 bits per heavy atom. The molecule has 0 N–H and O–H groups in total. The molecule has 0 unspecified atom stereocenters. The van der Waals surface area contributed by atoms with E-state index in [-0.39, 0.29) is 23.5 Å². The van der Waals surface area contributed by atoms with Gasteiger partial charge in [-0.1, -0.05) is 12.1 Å². The summed E-state index contributed by atoms with van der Waals surface area (Å²) < 4.78 is 10.1. The summed E-state index contributed by atoms with van der Waals surface area (Å²) in [6.07, 6.45) is 1.46. The molecule has 1 atom stereocenters. The third kappa shape index (κ3) is 4.31. The Kier molecular flexibility index (Phi) is 5.73. The van der Waals surface area contributed by atoms with Crippen molar-refractivity contribution >= 4 is 17.8 Å². The van der Waals surface area contributed by atoms with E-state index in [0.29, 0.717) is 31.7 Å². The van der Waals surface area contributed by atoms with Crippen LogP contribution in [0, 0.1) is 5.92 Å². The minimum absolute atomic E-state index is 0.239. The van der Waals surface area contributed by atoms with Gasteiger partial charge in [0.1, 0.15) is 5.75 Å². The summed E-state index contributed by atoms with van der Waals surface area (Å²) in [7, 11) is 0. The van der Waals surface area contributed by atoms with Gasteiger partial charge in [0.25, 0.3) is 5.91 Å². The lowest BCUT2D eigenvalue weighted by Crippen LogP contribution is -2.43. The van der Waals surface area contributed by atoms with E-state index in [1.807, 2.05) is 0 Å². The van der Waals surface area contributed by atoms with Gasteiger partial charge in [-0.05, 0) is 31.9 Å². The van der Waals surface area contributed by atoms with Gasteiger partial charge in [-0.25, -0.2) is 0 Å². The fourth-order valence-corrected chi connectivity index (χ4v) is 2.67. The zero-order valence-corrected chi connectivity index (χ0v) is 13.4. The molecule has 1 heterocycles. The standard InChI is InChI=1S/C17H21NO5/c1-3-22-17(21)13-7-6-10-18(11-13)16(20)14-8-4-5-9-15(14)23-12(2)19/h4-5,8-9,13H,3,6-7,10-11H2,1-2H3/t13-/m1/s1. The maximum Gasteiger partial charge on any atom is 0.310 e. The lowest BCUT2D eigenvalue weighted by atomic mass is 9.97. The molecule has 0 radical (unpaired) electrons. The van der Waals surface area contributed by atoms with Crippen LogP contribution in [0.2, 0.25) is 0 Å². The van der Waals surface area contributed by atoms with Crippen molar-refractivity contribution in [3.63, 3.8) is 0 Å². The number of hydrogen-bond acceptors (Lipinski definition) is 5. The van der Waals surface area contributed by atoms with Crippen LogP contribution in [0.4, 0.5) is 0 Å². The highest BCUT2D eigenvalue weighted by atomic mass is 16.5. The first kappa shape index (κ1) is 17.0. The van der Waals surface area contributed by atoms with E-state index >= 15 is 0 Å². The summed E-state index contributed by atoms with van der Waals surface area (Å²) in [5.74, 6) is -1.04. The molecule has 6 nitrogen and oxygen atoms in total. The molecule has 0 aromatic heterocycles. The van der Waals surface area contributed by atoms with Crippen molar-refractivity contribution in [3.05, 3.63) is 29.8 Å². The second-order valence-corrected chi connectivity index (χ2v) is 5.43. The number of carbonyl (C=O) groups is 3. The van der Waals surface area contributed by atoms with E-state index in [2.05, 4.69) is 0 Å². The molecule has 0 aliphatic carbocycles. The van der Waals surface area contributed by atoms with Gasteiger partial charge < -0.3 is 14.4 Å². The maximum atomic E-state index is 12.7. The number of piperidine rings is 1. The number of rotatable bonds is 4. The zero-order valence-electron chi connectivity index (χ0n) is 13.4. The molecule has 1 aromatic carbocycles. The van der Waals surface area contributed by atoms with E-state index in [0.717, 1.165) is 6.42 Å². The van der Waals surface area contributed by atoms with Gasteiger partial charge in [0, 0.05) is 20.0 Å². The molecule has 0 bridgehead atoms. The molecule has 0 spiro atoms. The molecule has 1 fully saturated rings. The third-order valence-corrected chi connectivity index (χ3v) is 3.70. The average Bonchev–Trinajstić information content (AvgIpc) is 2.54. The number of ether oxygens (including phenoxy) is 2. The molecule has 1 amide bonds. The predicted molar refractivity (Wildman–Crippen MR) is 83.0 cm³/mol. The monoisotopic (exact) mass is 319 g/mol. The number of hydrogen-bond donors (Lipinski definition) is 0. The first-order valence-electron chi connectivity index (χ1n) is 7.76. The number of esters is 2. The van der Waals surface area contributed by atoms with Gasteiger partial charge >= 0.3 is 11.9 Å². The SMILES string of the molecule is CCOC(=O)[C@@H]1CCCN(C(=O)c2ccccc2OC(C)=O)C1. The molecule has 0 saturated carbocycles. The van der Waals surface area contributed by atoms with Crippen molar-refractivity contribution in [3.8, 4) is 5.75 Å². The number of carbonyl (C=O) groups excluding carboxylic acids is 3. The minimum atomic E-state index is -0.478. The Labute approximate surface area is 135 Å². The van der Waals surface area contributed by atoms with Crippen LogP contribution in [-0.4, -0.2) is 42.4 Å². The Bertz CT molecular complexity index is 598. The largest absolute Gasteiger partial charge is 0.466 e. The van der Waals surface area contributed by atoms with Gasteiger partial charge in [-0.2, -0.15) is 0 Å². The number of likely N-dealkylation sites (tertiary alicyclic amines) is 1. The number of para-hydroxylation sites is 1. The zero-order chi connectivity index (χ0) is 16.8. The Hall–Kier alpha value is -2.37. The molecular weight excluding hydrogens is 298 g/mol. The van der Waals surface area contributed by atoms with Gasteiger partial charge in [-0.15, -0.1) is 0 Å². The second-order valence-electron chi connectivity index (χ2n) is 5.43. The average molecular weight is 319 g/mol. The summed E-state index contributed by atoms with van der Waals surface area (Å²) in [6, 6.07) is 6.62. The second kappa shape index (κ2) is 7.76. The smallest absolute Gasteiger partial charge is 0.310 e. The molecule has 6 heteroatoms. The van der Waals surface area contributed by atoms with E-state index < -0.39 is 5.97 Å². The molecule has 1 aromatic rings. The van der Waals surface area contributed by atoms with Gasteiger partial charge in [-0.3, -0.25) is 14.4 Å².